The van der Waals surface area contributed by atoms with E-state index in [0.29, 0.717) is 6.42 Å². The van der Waals surface area contributed by atoms with Crippen molar-refractivity contribution in [2.45, 2.75) is 112 Å². The molecule has 0 bridgehead atoms. The first-order valence-corrected chi connectivity index (χ1v) is 15.2. The first-order chi connectivity index (χ1) is 18.3. The van der Waals surface area contributed by atoms with Crippen LogP contribution >= 0.6 is 0 Å². The second-order valence-electron chi connectivity index (χ2n) is 8.38. The first-order valence-electron chi connectivity index (χ1n) is 15.2. The molecule has 0 aromatic heterocycles. The fourth-order valence-electron chi connectivity index (χ4n) is 4.08. The van der Waals surface area contributed by atoms with Crippen LogP contribution in [-0.2, 0) is 65.0 Å². The molecule has 0 atom stereocenters. The number of rotatable bonds is 12. The molecule has 2 aromatic carbocycles. The molecule has 0 aliphatic carbocycles. The molecule has 1 aliphatic heterocycles. The number of hydrogen-bond donors (Lipinski definition) is 0. The normalized spacial score (nSPS) is 11.6. The number of nitrogens with zero attached hydrogens (tertiary/aromatic N) is 1. The smallest absolute Gasteiger partial charge is 0.541 e. The fourth-order valence-corrected chi connectivity index (χ4v) is 4.08. The zero-order chi connectivity index (χ0) is 28.0. The minimum Gasteiger partial charge on any atom is -0.541 e. The molecule has 0 N–H and O–H groups in total. The topological polar surface area (TPSA) is 20.3 Å². The standard InChI is InChI=1S/C15H29N.C14H11O.3C2H6.W.Y/c1-2-3-4-5-6-7-8-10-13-16-14-11-9-12-15-16;15-11-10-13-8-4-5-9-14(13)12-6-2-1-3-7-12;3*1-2;;/h9H,1-8,10-15H2;1-9H,10H2;3*1-2H3;;/q-2;-1;;;;+2;. The van der Waals surface area contributed by atoms with Crippen molar-refractivity contribution in [2.24, 2.45) is 0 Å². The van der Waals surface area contributed by atoms with Crippen LogP contribution in [0.2, 0.25) is 0 Å². The number of carbonyl (C=O) groups excluding carboxylic acids is 1. The number of hydrogen-bond acceptors (Lipinski definition) is 2. The molecule has 39 heavy (non-hydrogen) atoms. The summed E-state index contributed by atoms with van der Waals surface area (Å²) in [6.45, 7) is 19.8. The predicted octanol–water partition coefficient (Wildman–Crippen LogP) is 10.3. The van der Waals surface area contributed by atoms with E-state index in [1.807, 2.05) is 102 Å². The molecule has 0 unspecified atom stereocenters. The number of benzene rings is 2. The molecule has 2 nitrogen and oxygen atoms in total. The Labute approximate surface area is 284 Å². The Morgan fingerprint density at radius 3 is 1.77 bits per heavy atom. The zero-order valence-corrected chi connectivity index (χ0v) is 32.0. The summed E-state index contributed by atoms with van der Waals surface area (Å²) in [6.07, 6.45) is 18.3. The second kappa shape index (κ2) is 37.9. The van der Waals surface area contributed by atoms with Crippen LogP contribution in [0, 0.1) is 13.3 Å². The van der Waals surface area contributed by atoms with Crippen LogP contribution in [0.15, 0.2) is 54.6 Å². The van der Waals surface area contributed by atoms with E-state index in [0.717, 1.165) is 23.1 Å². The largest absolute Gasteiger partial charge is 2.00 e. The van der Waals surface area contributed by atoms with Gasteiger partial charge in [0.15, 0.2) is 0 Å². The zero-order valence-electron chi connectivity index (χ0n) is 26.2. The van der Waals surface area contributed by atoms with E-state index >= 15 is 0 Å². The molecule has 1 fully saturated rings. The van der Waals surface area contributed by atoms with Gasteiger partial charge in [-0.3, -0.25) is 6.29 Å². The Balaban J connectivity index is -0.000000253. The quantitative estimate of drug-likeness (QED) is 0.158. The van der Waals surface area contributed by atoms with E-state index in [1.54, 1.807) is 0 Å². The molecule has 2 aromatic rings. The van der Waals surface area contributed by atoms with Crippen molar-refractivity contribution in [2.75, 3.05) is 19.6 Å². The van der Waals surface area contributed by atoms with Gasteiger partial charge in [-0.05, 0) is 37.2 Å². The molecule has 0 amide bonds. The average molecular weight is 782 g/mol. The van der Waals surface area contributed by atoms with Crippen molar-refractivity contribution >= 4 is 6.29 Å². The van der Waals surface area contributed by atoms with Gasteiger partial charge in [-0.1, -0.05) is 140 Å². The van der Waals surface area contributed by atoms with E-state index < -0.39 is 0 Å². The van der Waals surface area contributed by atoms with Crippen molar-refractivity contribution in [1.29, 1.82) is 0 Å². The Bertz CT molecular complexity index is 705. The third-order valence-corrected chi connectivity index (χ3v) is 5.89. The van der Waals surface area contributed by atoms with Crippen LogP contribution in [0.1, 0.15) is 111 Å². The Morgan fingerprint density at radius 1 is 0.744 bits per heavy atom. The maximum absolute atomic E-state index is 10.4. The van der Waals surface area contributed by atoms with E-state index in [-0.39, 0.29) is 53.8 Å². The minimum absolute atomic E-state index is 0. The Hall–Kier alpha value is -0.138. The van der Waals surface area contributed by atoms with Gasteiger partial charge in [0.05, 0.1) is 0 Å². The summed E-state index contributed by atoms with van der Waals surface area (Å²) >= 11 is 0. The SMILES string of the molecule is CC.CC.CC.O=[C-]Cc1ccccc1-c1ccccc1.[CH2-]CCCCCCCCCN1CC[CH-]CC1.[W+2].[Y]. The van der Waals surface area contributed by atoms with Crippen molar-refractivity contribution < 1.29 is 58.6 Å². The van der Waals surface area contributed by atoms with E-state index in [1.165, 1.54) is 77.4 Å². The third kappa shape index (κ3) is 25.3. The van der Waals surface area contributed by atoms with Crippen molar-refractivity contribution in [1.82, 2.24) is 4.90 Å². The first kappa shape index (κ1) is 45.8. The summed E-state index contributed by atoms with van der Waals surface area (Å²) < 4.78 is 0. The maximum Gasteiger partial charge on any atom is 2.00 e. The van der Waals surface area contributed by atoms with Crippen LogP contribution in [0.4, 0.5) is 0 Å². The van der Waals surface area contributed by atoms with Crippen molar-refractivity contribution in [3.8, 4) is 11.1 Å². The van der Waals surface area contributed by atoms with Crippen LogP contribution in [0.3, 0.4) is 0 Å². The summed E-state index contributed by atoms with van der Waals surface area (Å²) in [5, 5.41) is 0. The van der Waals surface area contributed by atoms with Gasteiger partial charge in [-0.25, -0.2) is 0 Å². The molecular weight excluding hydrogens is 723 g/mol. The number of likely N-dealkylation sites (tertiary alicyclic amines) is 1. The van der Waals surface area contributed by atoms with Crippen LogP contribution < -0.4 is 0 Å². The van der Waals surface area contributed by atoms with Crippen LogP contribution in [0.5, 0.6) is 0 Å². The molecule has 3 rings (SSSR count). The van der Waals surface area contributed by atoms with Gasteiger partial charge in [0.2, 0.25) is 0 Å². The summed E-state index contributed by atoms with van der Waals surface area (Å²) in [4.78, 5) is 13.1. The Morgan fingerprint density at radius 2 is 1.23 bits per heavy atom. The molecule has 1 heterocycles. The summed E-state index contributed by atoms with van der Waals surface area (Å²) in [5.74, 6) is 0. The predicted molar refractivity (Wildman–Crippen MR) is 168 cm³/mol. The van der Waals surface area contributed by atoms with Crippen LogP contribution in [-0.4, -0.2) is 30.8 Å². The Kier molecular flexibility index (Phi) is 44.5. The maximum atomic E-state index is 10.4. The average Bonchev–Trinajstić information content (AvgIpc) is 2.99. The molecule has 1 radical (unpaired) electrons. The van der Waals surface area contributed by atoms with Gasteiger partial charge in [-0.2, -0.15) is 19.3 Å². The molecule has 4 heteroatoms. The molecule has 219 valence electrons. The van der Waals surface area contributed by atoms with Gasteiger partial charge in [0, 0.05) is 32.7 Å². The fraction of sp³-hybridized carbons (Fsp3) is 0.571. The van der Waals surface area contributed by atoms with E-state index in [2.05, 4.69) is 18.2 Å². The molecular formula is C35H58NOWY-. The number of piperidine rings is 1. The summed E-state index contributed by atoms with van der Waals surface area (Å²) in [7, 11) is 0. The van der Waals surface area contributed by atoms with Gasteiger partial charge in [-0.15, -0.1) is 6.42 Å². The molecule has 0 spiro atoms. The van der Waals surface area contributed by atoms with Gasteiger partial charge in [0.25, 0.3) is 0 Å². The van der Waals surface area contributed by atoms with Crippen molar-refractivity contribution in [3.05, 3.63) is 73.5 Å². The van der Waals surface area contributed by atoms with E-state index in [4.69, 9.17) is 0 Å². The molecule has 1 saturated heterocycles. The van der Waals surface area contributed by atoms with Gasteiger partial charge >= 0.3 is 21.1 Å². The summed E-state index contributed by atoms with van der Waals surface area (Å²) in [5.41, 5.74) is 3.28. The molecule has 1 aliphatic rings. The van der Waals surface area contributed by atoms with Crippen molar-refractivity contribution in [3.63, 3.8) is 0 Å². The third-order valence-electron chi connectivity index (χ3n) is 5.89. The summed E-state index contributed by atoms with van der Waals surface area (Å²) in [6, 6.07) is 18.0. The van der Waals surface area contributed by atoms with Crippen LogP contribution in [0.25, 0.3) is 11.1 Å². The van der Waals surface area contributed by atoms with Gasteiger partial charge in [0.1, 0.15) is 0 Å². The minimum atomic E-state index is 0. The van der Waals surface area contributed by atoms with Gasteiger partial charge < -0.3 is 23.0 Å². The molecule has 0 saturated carbocycles. The van der Waals surface area contributed by atoms with E-state index in [9.17, 15) is 4.79 Å². The number of unbranched alkanes of at least 4 members (excludes halogenated alkanes) is 7. The second-order valence-corrected chi connectivity index (χ2v) is 8.38. The monoisotopic (exact) mass is 781 g/mol.